The fraction of sp³-hybridized carbons (Fsp3) is 0.429. The summed E-state index contributed by atoms with van der Waals surface area (Å²) >= 11 is 0. The summed E-state index contributed by atoms with van der Waals surface area (Å²) in [5.41, 5.74) is 10.0. The molecule has 2 atom stereocenters. The van der Waals surface area contributed by atoms with Crippen molar-refractivity contribution in [1.82, 2.24) is 9.80 Å². The number of aliphatic hydroxyl groups excluding tert-OH is 6. The molecule has 11 aromatic rings. The van der Waals surface area contributed by atoms with Crippen LogP contribution in [0.15, 0.2) is 267 Å². The normalized spacial score (nSPS) is 11.2. The van der Waals surface area contributed by atoms with Gasteiger partial charge in [-0.25, -0.2) is 4.79 Å². The first-order valence-electron chi connectivity index (χ1n) is 49.3. The molecule has 3 amide bonds. The van der Waals surface area contributed by atoms with Gasteiger partial charge in [-0.15, -0.1) is 0 Å². The van der Waals surface area contributed by atoms with E-state index in [1.807, 2.05) is 161 Å². The zero-order chi connectivity index (χ0) is 106. The number of urea groups is 1. The number of hydrogen-bond acceptors (Lipinski definition) is 21. The SMILES string of the molecule is CCCCOc1ccc(-c2ccc(OC)cc2)cc1.CCCCOc1ccc(C(C)(C)c2ccc(OC)cc2)cc1.CCCCOc1ccc(C(C)c2ccc(OC)cc2)cc1.CCCCOc1ccc(Cc2ccc(OC)cc2)cc1.CCCCOc1ccc(Oc2ccc(OC)cc2)cc1.CCCCOc1cccc(OC)c1.CCCN1C(=O)N(CC)C(=O)C1C(C)C.CO.CO.CO.CO.CO.CO. The van der Waals surface area contributed by atoms with Crippen LogP contribution in [-0.2, 0) is 16.6 Å². The van der Waals surface area contributed by atoms with Crippen LogP contribution in [0.2, 0.25) is 0 Å². The van der Waals surface area contributed by atoms with E-state index >= 15 is 0 Å². The van der Waals surface area contributed by atoms with E-state index in [9.17, 15) is 9.59 Å². The van der Waals surface area contributed by atoms with Gasteiger partial charge >= 0.3 is 6.03 Å². The quantitative estimate of drug-likeness (QED) is 0.0153. The molecule has 0 radical (unpaired) electrons. The summed E-state index contributed by atoms with van der Waals surface area (Å²) in [6.45, 7) is 33.3. The summed E-state index contributed by atoms with van der Waals surface area (Å²) in [5, 5.41) is 42.0. The number of benzene rings is 11. The Morgan fingerprint density at radius 3 is 0.838 bits per heavy atom. The van der Waals surface area contributed by atoms with Gasteiger partial charge in [0.1, 0.15) is 86.5 Å². The number of amides is 3. The van der Waals surface area contributed by atoms with E-state index in [1.54, 1.807) is 47.6 Å². The first-order chi connectivity index (χ1) is 69.2. The summed E-state index contributed by atoms with van der Waals surface area (Å²) in [4.78, 5) is 26.9. The Hall–Kier alpha value is -12.5. The summed E-state index contributed by atoms with van der Waals surface area (Å²) in [6.07, 6.45) is 15.3. The highest BCUT2D eigenvalue weighted by Crippen LogP contribution is 2.35. The lowest BCUT2D eigenvalue weighted by molar-refractivity contribution is -0.129. The van der Waals surface area contributed by atoms with Crippen molar-refractivity contribution in [3.63, 3.8) is 0 Å². The molecule has 0 spiro atoms. The standard InChI is InChI=1S/C20H26O2.C19H24O2.C18H22O2.C17H20O3.C17H20O2.C11H20N2O2.C11H16O2.6CH4O/c1-5-6-15-22-19-13-9-17(10-14-19)20(2,3)16-7-11-18(21-4)12-8-16;1-4-5-14-21-19-12-8-17(9-13-19)15(2)16-6-10-18(20-3)11-7-16;1-3-4-13-20-18-11-7-16(8-12-18)14-15-5-9-17(19-2)10-6-15;1-3-4-13-19-15-7-11-17(12-8-15)20-16-9-5-14(18-2)6-10-16;1-3-4-13-19-17-11-7-15(8-12-17)14-5-9-16(18-2)10-6-14;1-5-7-13-9(8(3)4)10(14)12(6-2)11(13)15;1-3-4-8-13-11-7-5-6-10(9-11)12-2;6*1-2/h7-14H,5-6,15H2,1-4H3;6-13,15H,4-5,14H2,1-3H3;5-12H,3-4,13-14H2,1-2H3;5-12H,3-4,13H2,1-2H3;5-12H,3-4,13H2,1-2H3;8-9H,5-7H2,1-4H3;5-7,9H,3-4,8H2,1-2H3;6*2H,1H3. The van der Waals surface area contributed by atoms with E-state index in [-0.39, 0.29) is 29.3 Å². The van der Waals surface area contributed by atoms with Crippen molar-refractivity contribution in [2.24, 2.45) is 5.92 Å². The molecule has 11 aromatic carbocycles. The molecule has 23 heteroatoms. The van der Waals surface area contributed by atoms with Gasteiger partial charge in [0.05, 0.1) is 82.3 Å². The Morgan fingerprint density at radius 2 is 0.542 bits per heavy atom. The lowest BCUT2D eigenvalue weighted by Gasteiger charge is -2.26. The number of nitrogens with zero attached hydrogens (tertiary/aromatic N) is 2. The van der Waals surface area contributed by atoms with Gasteiger partial charge in [-0.1, -0.05) is 225 Å². The smallest absolute Gasteiger partial charge is 0.327 e. The van der Waals surface area contributed by atoms with Gasteiger partial charge in [-0.3, -0.25) is 9.69 Å². The van der Waals surface area contributed by atoms with Crippen LogP contribution in [-0.4, -0.2) is 196 Å². The number of carbonyl (C=O) groups excluding carboxylic acids is 2. The van der Waals surface area contributed by atoms with Crippen LogP contribution in [0.4, 0.5) is 4.79 Å². The van der Waals surface area contributed by atoms with Crippen LogP contribution in [0.1, 0.15) is 213 Å². The molecule has 12 rings (SSSR count). The van der Waals surface area contributed by atoms with Crippen LogP contribution in [0, 0.1) is 5.92 Å². The third kappa shape index (κ3) is 50.8. The van der Waals surface area contributed by atoms with E-state index in [1.165, 1.54) is 49.4 Å². The molecule has 1 aliphatic rings. The molecule has 2 unspecified atom stereocenters. The third-order valence-electron chi connectivity index (χ3n) is 21.7. The van der Waals surface area contributed by atoms with Gasteiger partial charge in [-0.2, -0.15) is 0 Å². The molecular weight excluding hydrogens is 1790 g/mol. The second-order valence-corrected chi connectivity index (χ2v) is 32.3. The summed E-state index contributed by atoms with van der Waals surface area (Å²) in [7, 11) is 16.1. The van der Waals surface area contributed by atoms with Crippen molar-refractivity contribution >= 4 is 11.9 Å². The minimum Gasteiger partial charge on any atom is -0.497 e. The van der Waals surface area contributed by atoms with E-state index in [0.717, 1.165) is 253 Å². The van der Waals surface area contributed by atoms with Crippen molar-refractivity contribution in [2.45, 2.75) is 197 Å². The molecule has 1 saturated heterocycles. The van der Waals surface area contributed by atoms with Crippen LogP contribution in [0.5, 0.6) is 80.5 Å². The highest BCUT2D eigenvalue weighted by Gasteiger charge is 2.45. The highest BCUT2D eigenvalue weighted by atomic mass is 16.5. The van der Waals surface area contributed by atoms with E-state index in [4.69, 9.17) is 92.2 Å². The maximum Gasteiger partial charge on any atom is 0.327 e. The lowest BCUT2D eigenvalue weighted by atomic mass is 9.78. The van der Waals surface area contributed by atoms with Crippen LogP contribution >= 0.6 is 0 Å². The molecule has 0 aromatic heterocycles. The number of hydrogen-bond donors (Lipinski definition) is 6. The molecule has 784 valence electrons. The summed E-state index contributed by atoms with van der Waals surface area (Å²) in [5.74, 6) is 12.8. The monoisotopic (exact) mass is 1970 g/mol. The first kappa shape index (κ1) is 130. The van der Waals surface area contributed by atoms with Gasteiger partial charge in [0, 0.05) is 73.1 Å². The zero-order valence-electron chi connectivity index (χ0n) is 89.9. The second kappa shape index (κ2) is 82.1. The molecular formula is C119H172N2O21. The van der Waals surface area contributed by atoms with Gasteiger partial charge in [-0.05, 0) is 266 Å². The van der Waals surface area contributed by atoms with Crippen LogP contribution in [0.25, 0.3) is 11.1 Å². The largest absolute Gasteiger partial charge is 0.497 e. The average molecular weight is 1970 g/mol. The molecule has 1 fully saturated rings. The predicted octanol–water partition coefficient (Wildman–Crippen LogP) is 26.1. The fourth-order valence-electron chi connectivity index (χ4n) is 13.4. The number of aliphatic hydroxyl groups is 6. The minimum absolute atomic E-state index is 0.0362. The highest BCUT2D eigenvalue weighted by molar-refractivity contribution is 6.04. The molecule has 0 aliphatic carbocycles. The average Bonchev–Trinajstić information content (AvgIpc) is 1.57. The molecule has 0 bridgehead atoms. The number of methoxy groups -OCH3 is 6. The lowest BCUT2D eigenvalue weighted by Crippen LogP contribution is -2.39. The van der Waals surface area contributed by atoms with Gasteiger partial charge in [0.15, 0.2) is 0 Å². The molecule has 142 heavy (non-hydrogen) atoms. The van der Waals surface area contributed by atoms with Crippen molar-refractivity contribution in [3.8, 4) is 91.6 Å². The zero-order valence-corrected chi connectivity index (χ0v) is 89.9. The summed E-state index contributed by atoms with van der Waals surface area (Å²) < 4.78 is 70.6. The topological polar surface area (TPSA) is 282 Å². The number of carbonyl (C=O) groups is 2. The Labute approximate surface area is 851 Å². The summed E-state index contributed by atoms with van der Waals surface area (Å²) in [6, 6.07) is 88.7. The Morgan fingerprint density at radius 1 is 0.296 bits per heavy atom. The number of rotatable bonds is 43. The predicted molar refractivity (Wildman–Crippen MR) is 581 cm³/mol. The van der Waals surface area contributed by atoms with Crippen molar-refractivity contribution in [2.75, 3.05) is 138 Å². The van der Waals surface area contributed by atoms with Crippen LogP contribution in [0.3, 0.4) is 0 Å². The molecule has 0 saturated carbocycles. The maximum absolute atomic E-state index is 11.9. The number of ether oxygens (including phenoxy) is 13. The number of unbranched alkanes of at least 4 members (excludes halogenated alkanes) is 6. The second-order valence-electron chi connectivity index (χ2n) is 32.3. The molecule has 1 heterocycles. The van der Waals surface area contributed by atoms with E-state index < -0.39 is 0 Å². The number of imide groups is 1. The van der Waals surface area contributed by atoms with E-state index in [0.29, 0.717) is 19.0 Å². The van der Waals surface area contributed by atoms with Crippen molar-refractivity contribution in [1.29, 1.82) is 0 Å². The van der Waals surface area contributed by atoms with Crippen molar-refractivity contribution < 1.29 is 102 Å². The van der Waals surface area contributed by atoms with E-state index in [2.05, 4.69) is 196 Å². The molecule has 23 nitrogen and oxygen atoms in total. The Kier molecular flexibility index (Phi) is 74.9. The van der Waals surface area contributed by atoms with Crippen LogP contribution < -0.4 is 61.6 Å². The van der Waals surface area contributed by atoms with Crippen molar-refractivity contribution in [3.05, 3.63) is 300 Å². The first-order valence-corrected chi connectivity index (χ1v) is 49.3. The fourth-order valence-corrected chi connectivity index (χ4v) is 13.4. The third-order valence-corrected chi connectivity index (χ3v) is 21.7. The maximum atomic E-state index is 11.9. The van der Waals surface area contributed by atoms with Gasteiger partial charge < -0.3 is 97.1 Å². The molecule has 1 aliphatic heterocycles. The molecule has 6 N–H and O–H groups in total. The number of likely N-dealkylation sites (N-methyl/N-ethyl adjacent to an activating group) is 1. The van der Waals surface area contributed by atoms with Gasteiger partial charge in [0.25, 0.3) is 5.91 Å². The Bertz CT molecular complexity index is 4720. The minimum atomic E-state index is -0.252. The van der Waals surface area contributed by atoms with Gasteiger partial charge in [0.2, 0.25) is 0 Å². The Balaban J connectivity index is 0.00000161.